The van der Waals surface area contributed by atoms with Crippen LogP contribution in [0.5, 0.6) is 0 Å². The molecule has 1 atom stereocenters. The first-order valence-electron chi connectivity index (χ1n) is 10.7. The third-order valence-electron chi connectivity index (χ3n) is 7.03. The van der Waals surface area contributed by atoms with Crippen LogP contribution in [0, 0.1) is 17.8 Å². The van der Waals surface area contributed by atoms with Gasteiger partial charge in [0.05, 0.1) is 4.91 Å². The number of thiophene rings is 1. The Labute approximate surface area is 186 Å². The van der Waals surface area contributed by atoms with Crippen molar-refractivity contribution in [3.05, 3.63) is 27.3 Å². The number of thioether (sulfide) groups is 1. The molecule has 6 rings (SSSR count). The molecule has 2 heterocycles. The highest BCUT2D eigenvalue weighted by molar-refractivity contribution is 8.14. The van der Waals surface area contributed by atoms with Crippen LogP contribution in [-0.2, 0) is 9.59 Å². The van der Waals surface area contributed by atoms with Crippen molar-refractivity contribution in [3.8, 4) is 0 Å². The van der Waals surface area contributed by atoms with Gasteiger partial charge in [0.15, 0.2) is 0 Å². The monoisotopic (exact) mass is 448 g/mol. The van der Waals surface area contributed by atoms with Gasteiger partial charge in [0.2, 0.25) is 5.91 Å². The van der Waals surface area contributed by atoms with Gasteiger partial charge in [-0.15, -0.1) is 24.0 Å². The molecule has 29 heavy (non-hydrogen) atoms. The summed E-state index contributed by atoms with van der Waals surface area (Å²) in [5.74, 6) is 2.69. The van der Waals surface area contributed by atoms with Gasteiger partial charge in [-0.3, -0.25) is 9.59 Å². The molecule has 1 unspecified atom stereocenters. The van der Waals surface area contributed by atoms with Crippen molar-refractivity contribution in [3.63, 3.8) is 0 Å². The Morgan fingerprint density at radius 1 is 1.24 bits per heavy atom. The second-order valence-electron chi connectivity index (χ2n) is 9.32. The molecule has 5 aliphatic rings. The summed E-state index contributed by atoms with van der Waals surface area (Å²) in [4.78, 5) is 29.0. The summed E-state index contributed by atoms with van der Waals surface area (Å²) in [7, 11) is 0. The van der Waals surface area contributed by atoms with E-state index in [0.29, 0.717) is 19.4 Å². The fourth-order valence-corrected chi connectivity index (χ4v) is 8.57. The van der Waals surface area contributed by atoms with E-state index in [4.69, 9.17) is 0 Å². The number of nitrogens with zero attached hydrogens (tertiary/aromatic N) is 1. The van der Waals surface area contributed by atoms with Crippen molar-refractivity contribution in [2.75, 3.05) is 6.54 Å². The summed E-state index contributed by atoms with van der Waals surface area (Å²) in [6.07, 6.45) is 10.8. The van der Waals surface area contributed by atoms with Gasteiger partial charge >= 0.3 is 0 Å². The molecule has 156 valence electrons. The topological polar surface area (TPSA) is 49.4 Å². The second kappa shape index (κ2) is 7.97. The van der Waals surface area contributed by atoms with Crippen LogP contribution in [0.3, 0.4) is 0 Å². The Morgan fingerprint density at radius 3 is 2.55 bits per heavy atom. The van der Waals surface area contributed by atoms with Crippen molar-refractivity contribution in [1.29, 1.82) is 0 Å². The maximum atomic E-state index is 12.7. The molecule has 5 fully saturated rings. The zero-order chi connectivity index (χ0) is 20.0. The number of nitrogens with one attached hydrogen (secondary N) is 1. The van der Waals surface area contributed by atoms with Gasteiger partial charge in [-0.05, 0) is 80.2 Å². The maximum absolute atomic E-state index is 12.7. The first-order chi connectivity index (χ1) is 14.0. The van der Waals surface area contributed by atoms with Crippen molar-refractivity contribution < 1.29 is 9.59 Å². The van der Waals surface area contributed by atoms with E-state index in [1.165, 1.54) is 50.3 Å². The summed E-state index contributed by atoms with van der Waals surface area (Å²) in [6, 6.07) is 4.00. The highest BCUT2D eigenvalue weighted by atomic mass is 32.2. The van der Waals surface area contributed by atoms with Crippen LogP contribution < -0.4 is 5.32 Å². The first-order valence-corrected chi connectivity index (χ1v) is 13.0. The van der Waals surface area contributed by atoms with Crippen LogP contribution in [0.4, 0.5) is 0 Å². The van der Waals surface area contributed by atoms with Crippen LogP contribution in [0.2, 0.25) is 0 Å². The highest BCUT2D eigenvalue weighted by Gasteiger charge is 2.51. The fourth-order valence-electron chi connectivity index (χ4n) is 6.31. The molecule has 4 aliphatic carbocycles. The van der Waals surface area contributed by atoms with Gasteiger partial charge in [0.1, 0.15) is 4.71 Å². The molecular weight excluding hydrogens is 420 g/mol. The van der Waals surface area contributed by atoms with Crippen LogP contribution >= 0.6 is 35.7 Å². The molecular formula is C22H28N2O2S3. The van der Waals surface area contributed by atoms with Gasteiger partial charge in [-0.25, -0.2) is 0 Å². The molecule has 1 N–H and O–H groups in total. The van der Waals surface area contributed by atoms with Crippen LogP contribution in [0.25, 0.3) is 6.08 Å². The molecule has 0 radical (unpaired) electrons. The Kier molecular flexibility index (Phi) is 5.50. The molecule has 1 aliphatic heterocycles. The molecule has 4 nitrogen and oxygen atoms in total. The summed E-state index contributed by atoms with van der Waals surface area (Å²) in [5, 5.41) is 5.44. The number of thiol groups is 1. The largest absolute Gasteiger partial charge is 0.351 e. The van der Waals surface area contributed by atoms with Crippen molar-refractivity contribution in [2.24, 2.45) is 17.8 Å². The van der Waals surface area contributed by atoms with Crippen LogP contribution in [0.1, 0.15) is 56.2 Å². The van der Waals surface area contributed by atoms with Crippen LogP contribution in [0.15, 0.2) is 22.4 Å². The van der Waals surface area contributed by atoms with Crippen molar-refractivity contribution in [1.82, 2.24) is 10.2 Å². The van der Waals surface area contributed by atoms with Crippen molar-refractivity contribution >= 4 is 53.6 Å². The van der Waals surface area contributed by atoms with E-state index in [1.54, 1.807) is 16.2 Å². The van der Waals surface area contributed by atoms with Gasteiger partial charge in [0, 0.05) is 23.4 Å². The third-order valence-corrected chi connectivity index (χ3v) is 9.46. The zero-order valence-electron chi connectivity index (χ0n) is 16.5. The molecule has 4 bridgehead atoms. The summed E-state index contributed by atoms with van der Waals surface area (Å²) in [6.45, 7) is 0.579. The van der Waals surface area contributed by atoms with Crippen molar-refractivity contribution in [2.45, 2.75) is 61.6 Å². The minimum Gasteiger partial charge on any atom is -0.351 e. The third kappa shape index (κ3) is 4.15. The number of hydrogen-bond donors (Lipinski definition) is 2. The molecule has 0 aromatic carbocycles. The molecule has 0 spiro atoms. The maximum Gasteiger partial charge on any atom is 0.261 e. The normalized spacial score (nSPS) is 36.9. The number of carbonyl (C=O) groups is 2. The van der Waals surface area contributed by atoms with E-state index in [9.17, 15) is 9.59 Å². The van der Waals surface area contributed by atoms with Gasteiger partial charge in [-0.2, -0.15) is 0 Å². The van der Waals surface area contributed by atoms with E-state index < -0.39 is 0 Å². The lowest BCUT2D eigenvalue weighted by Gasteiger charge is -2.56. The smallest absolute Gasteiger partial charge is 0.261 e. The summed E-state index contributed by atoms with van der Waals surface area (Å²) in [5.41, 5.74) is 0.0772. The van der Waals surface area contributed by atoms with Gasteiger partial charge in [-0.1, -0.05) is 17.8 Å². The van der Waals surface area contributed by atoms with Crippen LogP contribution in [-0.4, -0.2) is 33.5 Å². The van der Waals surface area contributed by atoms with E-state index in [-0.39, 0.29) is 22.1 Å². The molecule has 2 amide bonds. The van der Waals surface area contributed by atoms with Gasteiger partial charge < -0.3 is 10.2 Å². The Bertz CT molecular complexity index is 785. The number of amides is 2. The van der Waals surface area contributed by atoms with E-state index in [2.05, 4.69) is 17.9 Å². The van der Waals surface area contributed by atoms with Gasteiger partial charge in [0.25, 0.3) is 5.91 Å². The predicted octanol–water partition coefficient (Wildman–Crippen LogP) is 4.74. The molecule has 1 aromatic rings. The quantitative estimate of drug-likeness (QED) is 0.488. The average molecular weight is 449 g/mol. The lowest BCUT2D eigenvalue weighted by atomic mass is 9.53. The fraction of sp³-hybridized carbons (Fsp3) is 0.636. The minimum absolute atomic E-state index is 0.0323. The number of rotatable bonds is 6. The molecule has 4 saturated carbocycles. The Morgan fingerprint density at radius 2 is 1.93 bits per heavy atom. The Balaban J connectivity index is 1.13. The predicted molar refractivity (Wildman–Crippen MR) is 123 cm³/mol. The van der Waals surface area contributed by atoms with E-state index in [1.807, 2.05) is 23.6 Å². The molecule has 7 heteroatoms. The number of carbonyl (C=O) groups excluding carboxylic acids is 2. The number of hydrogen-bond acceptors (Lipinski definition) is 5. The SMILES string of the molecule is O=C(CCCN1C(=O)/C(=C/c2cccs2)SC1S)NC12CC3CC(CC(C3)C1)C2. The standard InChI is InChI=1S/C22H28N2O2S3/c25-19(23-22-11-14-7-15(12-22)9-16(8-14)13-22)4-1-5-24-20(26)18(29-21(24)27)10-17-3-2-6-28-17/h2-3,6,10,14-16,21,27H,1,4-5,7-9,11-13H2,(H,23,25)/b18-10-. The molecule has 1 aromatic heterocycles. The summed E-state index contributed by atoms with van der Waals surface area (Å²) < 4.78 is -0.167. The lowest BCUT2D eigenvalue weighted by Crippen LogP contribution is -2.59. The first kappa shape index (κ1) is 20.0. The molecule has 1 saturated heterocycles. The lowest BCUT2D eigenvalue weighted by molar-refractivity contribution is -0.128. The average Bonchev–Trinajstić information content (AvgIpc) is 3.24. The highest BCUT2D eigenvalue weighted by Crippen LogP contribution is 2.55. The zero-order valence-corrected chi connectivity index (χ0v) is 19.0. The minimum atomic E-state index is -0.167. The van der Waals surface area contributed by atoms with E-state index in [0.717, 1.165) is 27.5 Å². The van der Waals surface area contributed by atoms with E-state index >= 15 is 0 Å². The summed E-state index contributed by atoms with van der Waals surface area (Å²) >= 11 is 7.69. The Hall–Kier alpha value is -0.920. The second-order valence-corrected chi connectivity index (χ2v) is 12.3.